The van der Waals surface area contributed by atoms with Crippen molar-refractivity contribution in [2.45, 2.75) is 37.6 Å². The summed E-state index contributed by atoms with van der Waals surface area (Å²) in [5.41, 5.74) is 1.38. The van der Waals surface area contributed by atoms with E-state index in [0.29, 0.717) is 6.04 Å². The summed E-state index contributed by atoms with van der Waals surface area (Å²) in [7, 11) is 0. The van der Waals surface area contributed by atoms with Crippen molar-refractivity contribution in [3.63, 3.8) is 0 Å². The molecule has 1 heterocycles. The first kappa shape index (κ1) is 14.9. The molecule has 0 radical (unpaired) electrons. The van der Waals surface area contributed by atoms with Gasteiger partial charge in [-0.05, 0) is 43.9 Å². The van der Waals surface area contributed by atoms with Crippen molar-refractivity contribution in [2.24, 2.45) is 5.92 Å². The Balaban J connectivity index is 1.91. The van der Waals surface area contributed by atoms with E-state index >= 15 is 0 Å². The number of hydrogen-bond acceptors (Lipinski definition) is 3. The summed E-state index contributed by atoms with van der Waals surface area (Å²) in [5, 5.41) is 3.67. The molecule has 1 aliphatic rings. The van der Waals surface area contributed by atoms with Gasteiger partial charge < -0.3 is 10.1 Å². The van der Waals surface area contributed by atoms with Crippen molar-refractivity contribution in [3.05, 3.63) is 29.8 Å². The first-order valence-electron chi connectivity index (χ1n) is 7.30. The number of hydrogen-bond donors (Lipinski definition) is 1. The predicted octanol–water partition coefficient (Wildman–Crippen LogP) is 3.49. The second kappa shape index (κ2) is 7.93. The third-order valence-corrected chi connectivity index (χ3v) is 5.11. The van der Waals surface area contributed by atoms with Crippen LogP contribution in [0, 0.1) is 12.8 Å². The molecular weight excluding hydrogens is 254 g/mol. The highest BCUT2D eigenvalue weighted by Crippen LogP contribution is 2.27. The third-order valence-electron chi connectivity index (χ3n) is 3.81. The monoisotopic (exact) mass is 279 g/mol. The van der Waals surface area contributed by atoms with Crippen molar-refractivity contribution >= 4 is 11.8 Å². The third kappa shape index (κ3) is 4.51. The highest BCUT2D eigenvalue weighted by Gasteiger charge is 2.23. The number of thioether (sulfide) groups is 1. The highest BCUT2D eigenvalue weighted by atomic mass is 32.2. The SMILES string of the molecule is CCNC(CSc1ccccc1C)C1CCOCC1. The van der Waals surface area contributed by atoms with Gasteiger partial charge in [0.15, 0.2) is 0 Å². The van der Waals surface area contributed by atoms with Gasteiger partial charge in [0.25, 0.3) is 0 Å². The Kier molecular flexibility index (Phi) is 6.21. The zero-order chi connectivity index (χ0) is 13.5. The smallest absolute Gasteiger partial charge is 0.0469 e. The Morgan fingerprint density at radius 3 is 2.74 bits per heavy atom. The average Bonchev–Trinajstić information content (AvgIpc) is 2.46. The predicted molar refractivity (Wildman–Crippen MR) is 82.9 cm³/mol. The molecule has 0 spiro atoms. The first-order chi connectivity index (χ1) is 9.31. The van der Waals surface area contributed by atoms with E-state index in [-0.39, 0.29) is 0 Å². The van der Waals surface area contributed by atoms with Gasteiger partial charge in [-0.1, -0.05) is 25.1 Å². The molecule has 19 heavy (non-hydrogen) atoms. The quantitative estimate of drug-likeness (QED) is 0.805. The Morgan fingerprint density at radius 1 is 1.32 bits per heavy atom. The van der Waals surface area contributed by atoms with Gasteiger partial charge in [0, 0.05) is 29.9 Å². The zero-order valence-corrected chi connectivity index (χ0v) is 12.8. The maximum atomic E-state index is 5.48. The fourth-order valence-electron chi connectivity index (χ4n) is 2.64. The Morgan fingerprint density at radius 2 is 2.05 bits per heavy atom. The Labute approximate surface area is 121 Å². The molecule has 0 saturated carbocycles. The van der Waals surface area contributed by atoms with Crippen LogP contribution in [0.15, 0.2) is 29.2 Å². The molecule has 3 heteroatoms. The molecule has 0 bridgehead atoms. The molecule has 106 valence electrons. The molecule has 1 saturated heterocycles. The summed E-state index contributed by atoms with van der Waals surface area (Å²) in [4.78, 5) is 1.41. The van der Waals surface area contributed by atoms with Crippen LogP contribution >= 0.6 is 11.8 Å². The molecule has 0 amide bonds. The van der Waals surface area contributed by atoms with E-state index in [1.807, 2.05) is 11.8 Å². The molecule has 0 aromatic heterocycles. The second-order valence-electron chi connectivity index (χ2n) is 5.19. The van der Waals surface area contributed by atoms with Crippen LogP contribution in [0.2, 0.25) is 0 Å². The zero-order valence-electron chi connectivity index (χ0n) is 12.0. The van der Waals surface area contributed by atoms with Gasteiger partial charge in [-0.25, -0.2) is 0 Å². The number of benzene rings is 1. The van der Waals surface area contributed by atoms with Gasteiger partial charge >= 0.3 is 0 Å². The van der Waals surface area contributed by atoms with Crippen LogP contribution in [0.3, 0.4) is 0 Å². The summed E-state index contributed by atoms with van der Waals surface area (Å²) in [6.45, 7) is 7.31. The maximum Gasteiger partial charge on any atom is 0.0469 e. The van der Waals surface area contributed by atoms with Crippen molar-refractivity contribution in [1.29, 1.82) is 0 Å². The molecule has 1 fully saturated rings. The van der Waals surface area contributed by atoms with E-state index in [0.717, 1.165) is 31.4 Å². The number of rotatable bonds is 6. The van der Waals surface area contributed by atoms with Crippen LogP contribution in [0.25, 0.3) is 0 Å². The van der Waals surface area contributed by atoms with Gasteiger partial charge in [-0.2, -0.15) is 0 Å². The van der Waals surface area contributed by atoms with Crippen LogP contribution in [0.1, 0.15) is 25.3 Å². The van der Waals surface area contributed by atoms with Crippen molar-refractivity contribution < 1.29 is 4.74 Å². The Bertz CT molecular complexity index is 377. The van der Waals surface area contributed by atoms with Gasteiger partial charge in [0.1, 0.15) is 0 Å². The summed E-state index contributed by atoms with van der Waals surface area (Å²) in [5.74, 6) is 1.92. The number of ether oxygens (including phenoxy) is 1. The van der Waals surface area contributed by atoms with Crippen molar-refractivity contribution in [1.82, 2.24) is 5.32 Å². The van der Waals surface area contributed by atoms with E-state index in [2.05, 4.69) is 43.4 Å². The minimum atomic E-state index is 0.610. The standard InChI is InChI=1S/C16H25NOS/c1-3-17-15(14-8-10-18-11-9-14)12-19-16-7-5-4-6-13(16)2/h4-7,14-15,17H,3,8-12H2,1-2H3. The normalized spacial score (nSPS) is 18.4. The summed E-state index contributed by atoms with van der Waals surface area (Å²) < 4.78 is 5.48. The van der Waals surface area contributed by atoms with Crippen molar-refractivity contribution in [2.75, 3.05) is 25.5 Å². The summed E-state index contributed by atoms with van der Waals surface area (Å²) in [6, 6.07) is 9.27. The summed E-state index contributed by atoms with van der Waals surface area (Å²) >= 11 is 1.99. The van der Waals surface area contributed by atoms with E-state index in [1.54, 1.807) is 0 Å². The molecule has 2 rings (SSSR count). The van der Waals surface area contributed by atoms with Crippen LogP contribution < -0.4 is 5.32 Å². The lowest BCUT2D eigenvalue weighted by Gasteiger charge is -2.30. The van der Waals surface area contributed by atoms with Crippen LogP contribution in [0.5, 0.6) is 0 Å². The number of aryl methyl sites for hydroxylation is 1. The molecule has 1 aromatic rings. The molecular formula is C16H25NOS. The lowest BCUT2D eigenvalue weighted by atomic mass is 9.93. The lowest BCUT2D eigenvalue weighted by molar-refractivity contribution is 0.0568. The minimum absolute atomic E-state index is 0.610. The van der Waals surface area contributed by atoms with E-state index < -0.39 is 0 Å². The fraction of sp³-hybridized carbons (Fsp3) is 0.625. The van der Waals surface area contributed by atoms with E-state index in [9.17, 15) is 0 Å². The van der Waals surface area contributed by atoms with Gasteiger partial charge in [0.05, 0.1) is 0 Å². The van der Waals surface area contributed by atoms with Gasteiger partial charge in [-0.3, -0.25) is 0 Å². The average molecular weight is 279 g/mol. The maximum absolute atomic E-state index is 5.48. The largest absolute Gasteiger partial charge is 0.381 e. The first-order valence-corrected chi connectivity index (χ1v) is 8.29. The molecule has 1 N–H and O–H groups in total. The molecule has 1 atom stereocenters. The van der Waals surface area contributed by atoms with Crippen LogP contribution in [-0.2, 0) is 4.74 Å². The highest BCUT2D eigenvalue weighted by molar-refractivity contribution is 7.99. The molecule has 1 aliphatic heterocycles. The second-order valence-corrected chi connectivity index (χ2v) is 6.25. The van der Waals surface area contributed by atoms with E-state index in [1.165, 1.54) is 23.3 Å². The Hall–Kier alpha value is -0.510. The fourth-order valence-corrected chi connectivity index (χ4v) is 3.86. The van der Waals surface area contributed by atoms with Crippen LogP contribution in [0.4, 0.5) is 0 Å². The molecule has 0 aliphatic carbocycles. The van der Waals surface area contributed by atoms with Gasteiger partial charge in [0.2, 0.25) is 0 Å². The summed E-state index contributed by atoms with van der Waals surface area (Å²) in [6.07, 6.45) is 2.40. The van der Waals surface area contributed by atoms with Crippen LogP contribution in [-0.4, -0.2) is 31.6 Å². The molecule has 2 nitrogen and oxygen atoms in total. The molecule has 1 aromatic carbocycles. The van der Waals surface area contributed by atoms with E-state index in [4.69, 9.17) is 4.74 Å². The topological polar surface area (TPSA) is 21.3 Å². The van der Waals surface area contributed by atoms with Gasteiger partial charge in [-0.15, -0.1) is 11.8 Å². The lowest BCUT2D eigenvalue weighted by Crippen LogP contribution is -2.40. The number of nitrogens with one attached hydrogen (secondary N) is 1. The minimum Gasteiger partial charge on any atom is -0.381 e. The molecule has 1 unspecified atom stereocenters. The van der Waals surface area contributed by atoms with Crippen molar-refractivity contribution in [3.8, 4) is 0 Å².